The molecule has 3 rings (SSSR count). The highest BCUT2D eigenvalue weighted by molar-refractivity contribution is 5.68. The summed E-state index contributed by atoms with van der Waals surface area (Å²) in [5.74, 6) is 1.29. The molecular weight excluding hydrogens is 230 g/mol. The van der Waals surface area contributed by atoms with E-state index in [0.717, 1.165) is 37.4 Å². The Hall–Kier alpha value is -1.62. The van der Waals surface area contributed by atoms with Crippen LogP contribution in [0.15, 0.2) is 18.2 Å². The molecule has 5 heteroatoms. The Morgan fingerprint density at radius 1 is 1.33 bits per heavy atom. The first-order valence-corrected chi connectivity index (χ1v) is 6.36. The van der Waals surface area contributed by atoms with Crippen molar-refractivity contribution in [2.75, 3.05) is 31.1 Å². The van der Waals surface area contributed by atoms with E-state index in [-0.39, 0.29) is 10.6 Å². The van der Waals surface area contributed by atoms with E-state index in [9.17, 15) is 10.1 Å². The Bertz CT molecular complexity index is 477. The zero-order valence-electron chi connectivity index (χ0n) is 10.4. The van der Waals surface area contributed by atoms with Crippen LogP contribution < -0.4 is 10.2 Å². The second-order valence-electron chi connectivity index (χ2n) is 5.28. The summed E-state index contributed by atoms with van der Waals surface area (Å²) >= 11 is 0. The molecule has 2 unspecified atom stereocenters. The fraction of sp³-hybridized carbons (Fsp3) is 0.538. The van der Waals surface area contributed by atoms with Gasteiger partial charge in [0.15, 0.2) is 0 Å². The van der Waals surface area contributed by atoms with Gasteiger partial charge in [0.2, 0.25) is 0 Å². The maximum absolute atomic E-state index is 11.1. The van der Waals surface area contributed by atoms with Gasteiger partial charge in [-0.2, -0.15) is 0 Å². The first-order chi connectivity index (χ1) is 8.66. The molecule has 18 heavy (non-hydrogen) atoms. The van der Waals surface area contributed by atoms with Gasteiger partial charge in [-0.05, 0) is 24.3 Å². The van der Waals surface area contributed by atoms with Crippen LogP contribution in [-0.2, 0) is 0 Å². The molecule has 0 aromatic heterocycles. The number of nitrogens with one attached hydrogen (secondary N) is 1. The Morgan fingerprint density at radius 3 is 2.61 bits per heavy atom. The summed E-state index contributed by atoms with van der Waals surface area (Å²) in [7, 11) is 0. The van der Waals surface area contributed by atoms with Gasteiger partial charge in [-0.25, -0.2) is 0 Å². The fourth-order valence-electron chi connectivity index (χ4n) is 3.24. The van der Waals surface area contributed by atoms with Crippen molar-refractivity contribution in [3.05, 3.63) is 33.9 Å². The summed E-state index contributed by atoms with van der Waals surface area (Å²) in [5, 5.41) is 14.5. The van der Waals surface area contributed by atoms with Crippen LogP contribution in [0.4, 0.5) is 11.4 Å². The smallest absolute Gasteiger partial charge is 0.292 e. The summed E-state index contributed by atoms with van der Waals surface area (Å²) < 4.78 is 0. The number of nitro benzene ring substituents is 1. The van der Waals surface area contributed by atoms with Crippen LogP contribution in [0.1, 0.15) is 5.56 Å². The lowest BCUT2D eigenvalue weighted by Gasteiger charge is -2.21. The number of hydrogen-bond acceptors (Lipinski definition) is 4. The number of hydrogen-bond donors (Lipinski definition) is 1. The number of benzene rings is 1. The third-order valence-corrected chi connectivity index (χ3v) is 4.12. The zero-order valence-corrected chi connectivity index (χ0v) is 10.4. The number of nitro groups is 1. The summed E-state index contributed by atoms with van der Waals surface area (Å²) in [5.41, 5.74) is 2.05. The molecular formula is C13H17N3O2. The molecule has 2 aliphatic heterocycles. The second-order valence-corrected chi connectivity index (χ2v) is 5.28. The number of aryl methyl sites for hydroxylation is 1. The molecule has 0 aliphatic carbocycles. The quantitative estimate of drug-likeness (QED) is 0.636. The van der Waals surface area contributed by atoms with Gasteiger partial charge >= 0.3 is 0 Å². The van der Waals surface area contributed by atoms with Crippen molar-refractivity contribution < 1.29 is 4.92 Å². The number of anilines is 1. The highest BCUT2D eigenvalue weighted by Crippen LogP contribution is 2.37. The van der Waals surface area contributed by atoms with Crippen LogP contribution in [0.2, 0.25) is 0 Å². The number of nitrogens with zero attached hydrogens (tertiary/aromatic N) is 2. The van der Waals surface area contributed by atoms with Crippen molar-refractivity contribution in [1.29, 1.82) is 0 Å². The average molecular weight is 247 g/mol. The molecule has 5 nitrogen and oxygen atoms in total. The van der Waals surface area contributed by atoms with E-state index in [2.05, 4.69) is 10.2 Å². The molecule has 2 saturated heterocycles. The van der Waals surface area contributed by atoms with Crippen LogP contribution in [0, 0.1) is 28.9 Å². The lowest BCUT2D eigenvalue weighted by molar-refractivity contribution is -0.384. The van der Waals surface area contributed by atoms with Crippen molar-refractivity contribution >= 4 is 11.4 Å². The SMILES string of the molecule is Cc1cccc([N+](=O)[O-])c1N1CC2CNCC2C1. The van der Waals surface area contributed by atoms with Crippen LogP contribution in [0.3, 0.4) is 0 Å². The monoisotopic (exact) mass is 247 g/mol. The van der Waals surface area contributed by atoms with Gasteiger partial charge in [-0.15, -0.1) is 0 Å². The molecule has 1 N–H and O–H groups in total. The Kier molecular flexibility index (Phi) is 2.70. The van der Waals surface area contributed by atoms with Gasteiger partial charge in [0.1, 0.15) is 5.69 Å². The normalized spacial score (nSPS) is 26.4. The molecule has 0 amide bonds. The lowest BCUT2D eigenvalue weighted by Crippen LogP contribution is -2.26. The van der Waals surface area contributed by atoms with Gasteiger partial charge in [0, 0.05) is 32.2 Å². The zero-order chi connectivity index (χ0) is 12.7. The maximum atomic E-state index is 11.1. The molecule has 0 radical (unpaired) electrons. The van der Waals surface area contributed by atoms with Crippen LogP contribution >= 0.6 is 0 Å². The number of fused-ring (bicyclic) bond motifs is 1. The van der Waals surface area contributed by atoms with Crippen LogP contribution in [0.5, 0.6) is 0 Å². The molecule has 96 valence electrons. The second kappa shape index (κ2) is 4.24. The Labute approximate surface area is 106 Å². The van der Waals surface area contributed by atoms with Gasteiger partial charge in [0.25, 0.3) is 5.69 Å². The van der Waals surface area contributed by atoms with Crippen LogP contribution in [-0.4, -0.2) is 31.1 Å². The maximum Gasteiger partial charge on any atom is 0.292 e. The van der Waals surface area contributed by atoms with E-state index in [1.165, 1.54) is 0 Å². The first-order valence-electron chi connectivity index (χ1n) is 6.36. The third-order valence-electron chi connectivity index (χ3n) is 4.12. The largest absolute Gasteiger partial charge is 0.365 e. The van der Waals surface area contributed by atoms with Crippen molar-refractivity contribution in [2.24, 2.45) is 11.8 Å². The summed E-state index contributed by atoms with van der Waals surface area (Å²) in [6.07, 6.45) is 0. The molecule has 2 fully saturated rings. The minimum Gasteiger partial charge on any atom is -0.365 e. The van der Waals surface area contributed by atoms with Gasteiger partial charge in [-0.1, -0.05) is 12.1 Å². The van der Waals surface area contributed by atoms with E-state index in [1.54, 1.807) is 12.1 Å². The van der Waals surface area contributed by atoms with E-state index < -0.39 is 0 Å². The van der Waals surface area contributed by atoms with Crippen molar-refractivity contribution in [1.82, 2.24) is 5.32 Å². The highest BCUT2D eigenvalue weighted by atomic mass is 16.6. The molecule has 0 saturated carbocycles. The molecule has 2 atom stereocenters. The van der Waals surface area contributed by atoms with Crippen molar-refractivity contribution in [3.63, 3.8) is 0 Å². The van der Waals surface area contributed by atoms with E-state index in [4.69, 9.17) is 0 Å². The molecule has 0 spiro atoms. The molecule has 2 heterocycles. The standard InChI is InChI=1S/C13H17N3O2/c1-9-3-2-4-12(16(17)18)13(9)15-7-10-5-14-6-11(10)8-15/h2-4,10-11,14H,5-8H2,1H3. The topological polar surface area (TPSA) is 58.4 Å². The summed E-state index contributed by atoms with van der Waals surface area (Å²) in [6, 6.07) is 5.32. The van der Waals surface area contributed by atoms with Gasteiger partial charge in [0.05, 0.1) is 4.92 Å². The summed E-state index contributed by atoms with van der Waals surface area (Å²) in [4.78, 5) is 13.1. The third kappa shape index (κ3) is 1.75. The number of rotatable bonds is 2. The predicted octanol–water partition coefficient (Wildman–Crippen LogP) is 1.56. The van der Waals surface area contributed by atoms with E-state index in [1.807, 2.05) is 13.0 Å². The Morgan fingerprint density at radius 2 is 2.00 bits per heavy atom. The minimum atomic E-state index is -0.269. The molecule has 1 aromatic carbocycles. The highest BCUT2D eigenvalue weighted by Gasteiger charge is 2.38. The minimum absolute atomic E-state index is 0.239. The molecule has 1 aromatic rings. The summed E-state index contributed by atoms with van der Waals surface area (Å²) in [6.45, 7) is 5.91. The predicted molar refractivity (Wildman–Crippen MR) is 69.9 cm³/mol. The fourth-order valence-corrected chi connectivity index (χ4v) is 3.24. The van der Waals surface area contributed by atoms with Gasteiger partial charge < -0.3 is 10.2 Å². The molecule has 2 aliphatic rings. The first kappa shape index (κ1) is 11.5. The van der Waals surface area contributed by atoms with Crippen molar-refractivity contribution in [2.45, 2.75) is 6.92 Å². The van der Waals surface area contributed by atoms with E-state index >= 15 is 0 Å². The van der Waals surface area contributed by atoms with E-state index in [0.29, 0.717) is 11.8 Å². The Balaban J connectivity index is 1.95. The number of para-hydroxylation sites is 1. The average Bonchev–Trinajstić information content (AvgIpc) is 2.88. The molecule has 0 bridgehead atoms. The lowest BCUT2D eigenvalue weighted by atomic mass is 10.0. The van der Waals surface area contributed by atoms with Gasteiger partial charge in [-0.3, -0.25) is 10.1 Å². The van der Waals surface area contributed by atoms with Crippen LogP contribution in [0.25, 0.3) is 0 Å². The van der Waals surface area contributed by atoms with Crippen molar-refractivity contribution in [3.8, 4) is 0 Å².